The highest BCUT2D eigenvalue weighted by Crippen LogP contribution is 2.35. The van der Waals surface area contributed by atoms with Crippen LogP contribution in [0.25, 0.3) is 10.9 Å². The lowest BCUT2D eigenvalue weighted by Gasteiger charge is -2.06. The van der Waals surface area contributed by atoms with Crippen molar-refractivity contribution >= 4 is 16.6 Å². The second-order valence-corrected chi connectivity index (χ2v) is 3.67. The quantitative estimate of drug-likeness (QED) is 0.589. The normalized spacial score (nSPS) is 10.6. The van der Waals surface area contributed by atoms with Gasteiger partial charge in [-0.25, -0.2) is 4.98 Å². The van der Waals surface area contributed by atoms with E-state index < -0.39 is 4.92 Å². The highest BCUT2D eigenvalue weighted by atomic mass is 16.6. The van der Waals surface area contributed by atoms with Crippen molar-refractivity contribution in [2.45, 2.75) is 13.8 Å². The summed E-state index contributed by atoms with van der Waals surface area (Å²) in [7, 11) is 0. The molecule has 1 aromatic heterocycles. The average Bonchev–Trinajstić information content (AvgIpc) is 2.22. The van der Waals surface area contributed by atoms with E-state index in [1.807, 2.05) is 0 Å². The Bertz CT molecular complexity index is 593. The molecule has 16 heavy (non-hydrogen) atoms. The van der Waals surface area contributed by atoms with Gasteiger partial charge in [0, 0.05) is 12.3 Å². The van der Waals surface area contributed by atoms with E-state index in [1.165, 1.54) is 12.3 Å². The maximum absolute atomic E-state index is 10.9. The fourth-order valence-electron chi connectivity index (χ4n) is 1.73. The molecule has 0 saturated carbocycles. The van der Waals surface area contributed by atoms with Gasteiger partial charge < -0.3 is 5.11 Å². The number of nitro benzene ring substituents is 1. The zero-order valence-electron chi connectivity index (χ0n) is 8.89. The zero-order chi connectivity index (χ0) is 11.9. The molecule has 0 bridgehead atoms. The third-order valence-corrected chi connectivity index (χ3v) is 2.56. The molecule has 0 aliphatic carbocycles. The van der Waals surface area contributed by atoms with Crippen LogP contribution in [0.3, 0.4) is 0 Å². The monoisotopic (exact) mass is 218 g/mol. The van der Waals surface area contributed by atoms with Gasteiger partial charge in [-0.3, -0.25) is 10.1 Å². The summed E-state index contributed by atoms with van der Waals surface area (Å²) in [4.78, 5) is 14.4. The molecule has 2 aromatic rings. The minimum Gasteiger partial charge on any atom is -0.507 e. The van der Waals surface area contributed by atoms with Gasteiger partial charge in [-0.2, -0.15) is 0 Å². The van der Waals surface area contributed by atoms with Crippen LogP contribution in [0, 0.1) is 24.0 Å². The van der Waals surface area contributed by atoms with Crippen molar-refractivity contribution in [3.63, 3.8) is 0 Å². The summed E-state index contributed by atoms with van der Waals surface area (Å²) in [6.07, 6.45) is 1.50. The van der Waals surface area contributed by atoms with Crippen LogP contribution in [0.4, 0.5) is 5.69 Å². The molecule has 0 atom stereocenters. The maximum atomic E-state index is 10.9. The van der Waals surface area contributed by atoms with Gasteiger partial charge in [-0.05, 0) is 31.0 Å². The molecule has 1 N–H and O–H groups in total. The number of phenols is 1. The second-order valence-electron chi connectivity index (χ2n) is 3.67. The van der Waals surface area contributed by atoms with E-state index in [9.17, 15) is 15.2 Å². The molecule has 0 amide bonds. The summed E-state index contributed by atoms with van der Waals surface area (Å²) < 4.78 is 0. The number of rotatable bonds is 1. The molecule has 1 aromatic carbocycles. The van der Waals surface area contributed by atoms with E-state index in [4.69, 9.17) is 0 Å². The molecule has 0 aliphatic heterocycles. The maximum Gasteiger partial charge on any atom is 0.295 e. The number of aryl methyl sites for hydroxylation is 2. The van der Waals surface area contributed by atoms with Crippen molar-refractivity contribution in [3.05, 3.63) is 39.6 Å². The first-order chi connectivity index (χ1) is 7.52. The highest BCUT2D eigenvalue weighted by molar-refractivity contribution is 5.95. The van der Waals surface area contributed by atoms with Crippen LogP contribution >= 0.6 is 0 Å². The Morgan fingerprint density at radius 1 is 1.38 bits per heavy atom. The number of hydrogen-bond acceptors (Lipinski definition) is 4. The number of hydrogen-bond donors (Lipinski definition) is 1. The van der Waals surface area contributed by atoms with Crippen LogP contribution in [-0.4, -0.2) is 15.0 Å². The standard InChI is InChI=1S/C11H10N2O3/c1-6-3-4-12-10-8(13(15)16)5-7(2)11(14)9(6)10/h3-5,14H,1-2H3. The molecule has 5 nitrogen and oxygen atoms in total. The number of non-ortho nitro benzene ring substituents is 1. The lowest BCUT2D eigenvalue weighted by Crippen LogP contribution is -1.94. The fourth-order valence-corrected chi connectivity index (χ4v) is 1.73. The van der Waals surface area contributed by atoms with Crippen LogP contribution in [0.15, 0.2) is 18.3 Å². The Labute approximate surface area is 91.5 Å². The van der Waals surface area contributed by atoms with E-state index in [1.54, 1.807) is 19.9 Å². The van der Waals surface area contributed by atoms with Gasteiger partial charge in [0.05, 0.1) is 10.3 Å². The molecule has 0 fully saturated rings. The topological polar surface area (TPSA) is 76.3 Å². The number of aromatic hydroxyl groups is 1. The van der Waals surface area contributed by atoms with Crippen molar-refractivity contribution in [2.24, 2.45) is 0 Å². The van der Waals surface area contributed by atoms with Gasteiger partial charge in [-0.15, -0.1) is 0 Å². The summed E-state index contributed by atoms with van der Waals surface area (Å²) in [6, 6.07) is 3.05. The molecule has 0 aliphatic rings. The van der Waals surface area contributed by atoms with Crippen molar-refractivity contribution in [1.29, 1.82) is 0 Å². The first-order valence-electron chi connectivity index (χ1n) is 4.74. The number of pyridine rings is 1. The van der Waals surface area contributed by atoms with Gasteiger partial charge in [0.15, 0.2) is 5.52 Å². The van der Waals surface area contributed by atoms with Gasteiger partial charge >= 0.3 is 0 Å². The minimum absolute atomic E-state index is 0.0613. The van der Waals surface area contributed by atoms with Gasteiger partial charge in [0.2, 0.25) is 0 Å². The summed E-state index contributed by atoms with van der Waals surface area (Å²) in [6.45, 7) is 3.42. The van der Waals surface area contributed by atoms with E-state index in [2.05, 4.69) is 4.98 Å². The van der Waals surface area contributed by atoms with E-state index in [-0.39, 0.29) is 17.0 Å². The first kappa shape index (κ1) is 10.4. The molecule has 0 unspecified atom stereocenters. The molecule has 0 radical (unpaired) electrons. The van der Waals surface area contributed by atoms with Crippen LogP contribution in [-0.2, 0) is 0 Å². The smallest absolute Gasteiger partial charge is 0.295 e. The van der Waals surface area contributed by atoms with Crippen molar-refractivity contribution in [1.82, 2.24) is 4.98 Å². The molecule has 2 rings (SSSR count). The Balaban J connectivity index is 3.01. The number of aromatic nitrogens is 1. The van der Waals surface area contributed by atoms with Gasteiger partial charge in [0.1, 0.15) is 5.75 Å². The third-order valence-electron chi connectivity index (χ3n) is 2.56. The molecular weight excluding hydrogens is 208 g/mol. The summed E-state index contributed by atoms with van der Waals surface area (Å²) in [5, 5.41) is 21.2. The third kappa shape index (κ3) is 1.37. The van der Waals surface area contributed by atoms with Gasteiger partial charge in [0.25, 0.3) is 5.69 Å². The summed E-state index contributed by atoms with van der Waals surface area (Å²) in [5.41, 5.74) is 1.41. The Morgan fingerprint density at radius 3 is 2.69 bits per heavy atom. The van der Waals surface area contributed by atoms with Crippen molar-refractivity contribution in [3.8, 4) is 5.75 Å². The number of benzene rings is 1. The van der Waals surface area contributed by atoms with Crippen molar-refractivity contribution < 1.29 is 10.0 Å². The largest absolute Gasteiger partial charge is 0.507 e. The number of phenolic OH excluding ortho intramolecular Hbond substituents is 1. The SMILES string of the molecule is Cc1cc([N+](=O)[O-])c2nccc(C)c2c1O. The first-order valence-corrected chi connectivity index (χ1v) is 4.74. The average molecular weight is 218 g/mol. The summed E-state index contributed by atoms with van der Waals surface area (Å²) in [5.74, 6) is 0.0613. The second kappa shape index (κ2) is 3.44. The van der Waals surface area contributed by atoms with Crippen LogP contribution in [0.1, 0.15) is 11.1 Å². The van der Waals surface area contributed by atoms with E-state index in [0.29, 0.717) is 10.9 Å². The Kier molecular flexibility index (Phi) is 2.23. The van der Waals surface area contributed by atoms with E-state index >= 15 is 0 Å². The zero-order valence-corrected chi connectivity index (χ0v) is 8.89. The van der Waals surface area contributed by atoms with Crippen molar-refractivity contribution in [2.75, 3.05) is 0 Å². The Morgan fingerprint density at radius 2 is 2.06 bits per heavy atom. The summed E-state index contributed by atoms with van der Waals surface area (Å²) >= 11 is 0. The number of fused-ring (bicyclic) bond motifs is 1. The molecule has 82 valence electrons. The van der Waals surface area contributed by atoms with Crippen LogP contribution in [0.5, 0.6) is 5.75 Å². The molecule has 1 heterocycles. The van der Waals surface area contributed by atoms with Crippen LogP contribution < -0.4 is 0 Å². The predicted molar refractivity (Wildman–Crippen MR) is 59.5 cm³/mol. The lowest BCUT2D eigenvalue weighted by molar-refractivity contribution is -0.383. The fraction of sp³-hybridized carbons (Fsp3) is 0.182. The number of nitrogens with zero attached hydrogens (tertiary/aromatic N) is 2. The van der Waals surface area contributed by atoms with E-state index in [0.717, 1.165) is 5.56 Å². The Hall–Kier alpha value is -2.17. The minimum atomic E-state index is -0.485. The molecule has 0 saturated heterocycles. The molecular formula is C11H10N2O3. The van der Waals surface area contributed by atoms with Gasteiger partial charge in [-0.1, -0.05) is 0 Å². The lowest BCUT2D eigenvalue weighted by atomic mass is 10.0. The van der Waals surface area contributed by atoms with Crippen LogP contribution in [0.2, 0.25) is 0 Å². The molecule has 5 heteroatoms. The molecule has 0 spiro atoms. The predicted octanol–water partition coefficient (Wildman–Crippen LogP) is 2.47. The highest BCUT2D eigenvalue weighted by Gasteiger charge is 2.19. The number of nitro groups is 1.